The van der Waals surface area contributed by atoms with Gasteiger partial charge in [0, 0.05) is 12.1 Å². The van der Waals surface area contributed by atoms with Crippen molar-refractivity contribution >= 4 is 0 Å². The first-order chi connectivity index (χ1) is 8.31. The van der Waals surface area contributed by atoms with E-state index in [0.717, 1.165) is 6.54 Å². The standard InChI is InChI=1S/C16H22N/c1-14-9-12-17(16(14)10-5-6-11-16)13-15-7-3-2-4-8-15/h2-4,7-8,14H,1,5-6,9-13H2. The fraction of sp³-hybridized carbons (Fsp3) is 0.562. The lowest BCUT2D eigenvalue weighted by molar-refractivity contribution is 0.112. The predicted molar refractivity (Wildman–Crippen MR) is 71.5 cm³/mol. The minimum Gasteiger partial charge on any atom is -0.293 e. The Kier molecular flexibility index (Phi) is 2.96. The first-order valence-corrected chi connectivity index (χ1v) is 6.93. The Morgan fingerprint density at radius 2 is 1.88 bits per heavy atom. The van der Waals surface area contributed by atoms with Crippen LogP contribution in [-0.4, -0.2) is 17.0 Å². The van der Waals surface area contributed by atoms with Gasteiger partial charge < -0.3 is 0 Å². The fourth-order valence-corrected chi connectivity index (χ4v) is 3.81. The van der Waals surface area contributed by atoms with Gasteiger partial charge in [-0.15, -0.1) is 0 Å². The first-order valence-electron chi connectivity index (χ1n) is 6.93. The molecule has 1 atom stereocenters. The lowest BCUT2D eigenvalue weighted by Gasteiger charge is -2.38. The second-order valence-corrected chi connectivity index (χ2v) is 5.70. The third kappa shape index (κ3) is 1.91. The summed E-state index contributed by atoms with van der Waals surface area (Å²) in [5, 5.41) is 0. The topological polar surface area (TPSA) is 3.24 Å². The molecule has 1 radical (unpaired) electrons. The van der Waals surface area contributed by atoms with Gasteiger partial charge in [-0.25, -0.2) is 0 Å². The van der Waals surface area contributed by atoms with E-state index >= 15 is 0 Å². The second-order valence-electron chi connectivity index (χ2n) is 5.70. The van der Waals surface area contributed by atoms with E-state index in [1.165, 1.54) is 44.2 Å². The van der Waals surface area contributed by atoms with Gasteiger partial charge in [0.15, 0.2) is 0 Å². The molecule has 1 nitrogen and oxygen atoms in total. The maximum atomic E-state index is 4.42. The number of hydrogen-bond donors (Lipinski definition) is 0. The lowest BCUT2D eigenvalue weighted by Crippen LogP contribution is -2.44. The van der Waals surface area contributed by atoms with Crippen LogP contribution in [0.1, 0.15) is 37.7 Å². The molecule has 1 saturated carbocycles. The monoisotopic (exact) mass is 228 g/mol. The number of nitrogens with zero attached hydrogens (tertiary/aromatic N) is 1. The summed E-state index contributed by atoms with van der Waals surface area (Å²) in [6.45, 7) is 6.78. The highest BCUT2D eigenvalue weighted by molar-refractivity contribution is 5.16. The molecule has 1 spiro atoms. The van der Waals surface area contributed by atoms with Crippen LogP contribution in [0.4, 0.5) is 0 Å². The van der Waals surface area contributed by atoms with E-state index in [-0.39, 0.29) is 0 Å². The Morgan fingerprint density at radius 3 is 2.59 bits per heavy atom. The van der Waals surface area contributed by atoms with Crippen LogP contribution in [-0.2, 0) is 6.54 Å². The highest BCUT2D eigenvalue weighted by Gasteiger charge is 2.47. The molecule has 0 N–H and O–H groups in total. The van der Waals surface area contributed by atoms with Crippen molar-refractivity contribution in [3.05, 3.63) is 42.8 Å². The van der Waals surface area contributed by atoms with Crippen molar-refractivity contribution in [3.8, 4) is 0 Å². The van der Waals surface area contributed by atoms with Crippen molar-refractivity contribution in [1.82, 2.24) is 4.90 Å². The predicted octanol–water partition coefficient (Wildman–Crippen LogP) is 3.66. The summed E-state index contributed by atoms with van der Waals surface area (Å²) in [5.41, 5.74) is 1.89. The van der Waals surface area contributed by atoms with Crippen molar-refractivity contribution in [3.63, 3.8) is 0 Å². The zero-order valence-electron chi connectivity index (χ0n) is 10.6. The summed E-state index contributed by atoms with van der Waals surface area (Å²) in [6, 6.07) is 10.9. The molecule has 1 aromatic rings. The van der Waals surface area contributed by atoms with Crippen molar-refractivity contribution < 1.29 is 0 Å². The largest absolute Gasteiger partial charge is 0.293 e. The molecule has 1 aromatic carbocycles. The minimum atomic E-state index is 0.440. The summed E-state index contributed by atoms with van der Waals surface area (Å²) in [6.07, 6.45) is 6.82. The van der Waals surface area contributed by atoms with Crippen LogP contribution in [0.15, 0.2) is 30.3 Å². The average Bonchev–Trinajstić information content (AvgIpc) is 2.95. The maximum Gasteiger partial charge on any atom is 0.0241 e. The van der Waals surface area contributed by atoms with Gasteiger partial charge in [-0.2, -0.15) is 0 Å². The summed E-state index contributed by atoms with van der Waals surface area (Å²) in [4.78, 5) is 2.72. The van der Waals surface area contributed by atoms with Gasteiger partial charge in [-0.1, -0.05) is 43.2 Å². The molecule has 0 bridgehead atoms. The molecule has 2 fully saturated rings. The van der Waals surface area contributed by atoms with Crippen LogP contribution >= 0.6 is 0 Å². The summed E-state index contributed by atoms with van der Waals surface area (Å²) in [7, 11) is 0. The Labute approximate surface area is 105 Å². The Morgan fingerprint density at radius 1 is 1.18 bits per heavy atom. The van der Waals surface area contributed by atoms with Crippen LogP contribution in [0, 0.1) is 12.8 Å². The first kappa shape index (κ1) is 11.3. The normalized spacial score (nSPS) is 27.9. The lowest BCUT2D eigenvalue weighted by atomic mass is 9.84. The summed E-state index contributed by atoms with van der Waals surface area (Å²) in [5.74, 6) is 0.647. The molecule has 1 heteroatoms. The zero-order chi connectivity index (χ0) is 11.7. The van der Waals surface area contributed by atoms with Crippen LogP contribution in [0.5, 0.6) is 0 Å². The van der Waals surface area contributed by atoms with E-state index in [1.807, 2.05) is 0 Å². The van der Waals surface area contributed by atoms with Crippen molar-refractivity contribution in [2.75, 3.05) is 6.54 Å². The van der Waals surface area contributed by atoms with E-state index in [0.29, 0.717) is 11.5 Å². The molecular formula is C16H22N. The molecule has 2 aliphatic rings. The summed E-state index contributed by atoms with van der Waals surface area (Å²) < 4.78 is 0. The fourth-order valence-electron chi connectivity index (χ4n) is 3.81. The number of hydrogen-bond acceptors (Lipinski definition) is 1. The number of likely N-dealkylation sites (tertiary alicyclic amines) is 1. The SMILES string of the molecule is [CH2]C1CCN(Cc2ccccc2)C12CCCC2. The third-order valence-corrected chi connectivity index (χ3v) is 4.82. The van der Waals surface area contributed by atoms with Gasteiger partial charge in [0.05, 0.1) is 0 Å². The summed E-state index contributed by atoms with van der Waals surface area (Å²) >= 11 is 0. The van der Waals surface area contributed by atoms with Gasteiger partial charge >= 0.3 is 0 Å². The zero-order valence-corrected chi connectivity index (χ0v) is 10.6. The molecule has 1 heterocycles. The van der Waals surface area contributed by atoms with E-state index in [1.54, 1.807) is 0 Å². The van der Waals surface area contributed by atoms with E-state index in [2.05, 4.69) is 42.2 Å². The molecule has 0 aromatic heterocycles. The smallest absolute Gasteiger partial charge is 0.0241 e. The average molecular weight is 228 g/mol. The van der Waals surface area contributed by atoms with Crippen LogP contribution in [0.2, 0.25) is 0 Å². The van der Waals surface area contributed by atoms with Gasteiger partial charge in [0.2, 0.25) is 0 Å². The molecule has 1 aliphatic heterocycles. The molecule has 3 rings (SSSR count). The van der Waals surface area contributed by atoms with Crippen molar-refractivity contribution in [1.29, 1.82) is 0 Å². The highest BCUT2D eigenvalue weighted by Crippen LogP contribution is 2.47. The third-order valence-electron chi connectivity index (χ3n) is 4.82. The van der Waals surface area contributed by atoms with Crippen molar-refractivity contribution in [2.24, 2.45) is 5.92 Å². The van der Waals surface area contributed by atoms with Gasteiger partial charge in [0.1, 0.15) is 0 Å². The van der Waals surface area contributed by atoms with E-state index in [9.17, 15) is 0 Å². The van der Waals surface area contributed by atoms with Gasteiger partial charge in [-0.05, 0) is 44.2 Å². The van der Waals surface area contributed by atoms with E-state index in [4.69, 9.17) is 0 Å². The Balaban J connectivity index is 1.79. The second kappa shape index (κ2) is 4.45. The van der Waals surface area contributed by atoms with Crippen molar-refractivity contribution in [2.45, 2.75) is 44.2 Å². The molecular weight excluding hydrogens is 206 g/mol. The minimum absolute atomic E-state index is 0.440. The van der Waals surface area contributed by atoms with Gasteiger partial charge in [-0.3, -0.25) is 4.90 Å². The number of rotatable bonds is 2. The Hall–Kier alpha value is -0.820. The quantitative estimate of drug-likeness (QED) is 0.746. The Bertz CT molecular complexity index is 364. The molecule has 0 amide bonds. The van der Waals surface area contributed by atoms with Crippen LogP contribution in [0.25, 0.3) is 0 Å². The van der Waals surface area contributed by atoms with Gasteiger partial charge in [0.25, 0.3) is 0 Å². The highest BCUT2D eigenvalue weighted by atomic mass is 15.2. The van der Waals surface area contributed by atoms with Crippen LogP contribution in [0.3, 0.4) is 0 Å². The maximum absolute atomic E-state index is 4.42. The van der Waals surface area contributed by atoms with Crippen LogP contribution < -0.4 is 0 Å². The molecule has 1 saturated heterocycles. The van der Waals surface area contributed by atoms with E-state index < -0.39 is 0 Å². The molecule has 91 valence electrons. The molecule has 1 aliphatic carbocycles. The molecule has 17 heavy (non-hydrogen) atoms. The molecule has 1 unspecified atom stereocenters. The number of benzene rings is 1.